The van der Waals surface area contributed by atoms with E-state index in [9.17, 15) is 0 Å². The normalized spacial score (nSPS) is 7.75. The Bertz CT molecular complexity index is 55.5. The monoisotopic (exact) mass is 158 g/mol. The van der Waals surface area contributed by atoms with Gasteiger partial charge in [0.2, 0.25) is 0 Å². The van der Waals surface area contributed by atoms with Crippen LogP contribution in [-0.4, -0.2) is 18.6 Å². The third kappa shape index (κ3) is 1200. The summed E-state index contributed by atoms with van der Waals surface area (Å²) in [7, 11) is 0. The van der Waals surface area contributed by atoms with Crippen molar-refractivity contribution in [2.75, 3.05) is 0 Å². The van der Waals surface area contributed by atoms with Crippen molar-refractivity contribution in [3.63, 3.8) is 0 Å². The van der Waals surface area contributed by atoms with Crippen LogP contribution < -0.4 is 0 Å². The van der Waals surface area contributed by atoms with Crippen LogP contribution in [0.3, 0.4) is 0 Å². The molecule has 4 nitrogen and oxygen atoms in total. The van der Waals surface area contributed by atoms with Gasteiger partial charge in [-0.05, 0) is 13.8 Å². The molecule has 0 aromatic heterocycles. The van der Waals surface area contributed by atoms with E-state index in [0.29, 0.717) is 0 Å². The summed E-state index contributed by atoms with van der Waals surface area (Å²) >= 11 is -3.58. The fourth-order valence-corrected chi connectivity index (χ4v) is 0. The molecule has 0 aromatic rings. The van der Waals surface area contributed by atoms with E-state index in [1.807, 2.05) is 0 Å². The van der Waals surface area contributed by atoms with Gasteiger partial charge in [0.1, 0.15) is 0 Å². The zero-order chi connectivity index (χ0) is 7.15. The molecule has 5 heteroatoms. The zero-order valence-electron chi connectivity index (χ0n) is 4.83. The van der Waals surface area contributed by atoms with Crippen LogP contribution in [0.5, 0.6) is 0 Å². The van der Waals surface area contributed by atoms with Crippen LogP contribution in [0, 0.1) is 0 Å². The van der Waals surface area contributed by atoms with Crippen molar-refractivity contribution in [1.82, 2.24) is 0 Å². The van der Waals surface area contributed by atoms with E-state index < -0.39 is 18.6 Å². The summed E-state index contributed by atoms with van der Waals surface area (Å²) in [5, 5.41) is 8.06. The molecule has 8 heavy (non-hydrogen) atoms. The van der Waals surface area contributed by atoms with Gasteiger partial charge in [-0.25, -0.2) is 0 Å². The van der Waals surface area contributed by atoms with Crippen LogP contribution in [0.2, 0.25) is 0 Å². The molecule has 0 bridgehead atoms. The van der Waals surface area contributed by atoms with E-state index >= 15 is 0 Å². The number of aliphatic hydroxyl groups is 1. The Morgan fingerprint density at radius 1 is 1.38 bits per heavy atom. The molecule has 0 saturated heterocycles. The van der Waals surface area contributed by atoms with Gasteiger partial charge in [0, 0.05) is 6.10 Å². The molecule has 0 fully saturated rings. The summed E-state index contributed by atoms with van der Waals surface area (Å²) in [5.74, 6) is 0. The van der Waals surface area contributed by atoms with Crippen molar-refractivity contribution in [2.45, 2.75) is 20.0 Å². The van der Waals surface area contributed by atoms with Crippen LogP contribution in [-0.2, 0) is 21.9 Å². The summed E-state index contributed by atoms with van der Waals surface area (Å²) in [6, 6.07) is 0. The summed E-state index contributed by atoms with van der Waals surface area (Å²) in [6.07, 6.45) is -0.167. The first-order valence-electron chi connectivity index (χ1n) is 2.06. The van der Waals surface area contributed by atoms with Gasteiger partial charge >= 0.3 is 29.3 Å². The van der Waals surface area contributed by atoms with E-state index in [4.69, 9.17) is 15.8 Å². The van der Waals surface area contributed by atoms with Gasteiger partial charge in [0.25, 0.3) is 0 Å². The van der Waals surface area contributed by atoms with Crippen molar-refractivity contribution in [3.05, 3.63) is 0 Å². The number of rotatable bonds is 0. The quantitative estimate of drug-likeness (QED) is 0.401. The molecule has 3 N–H and O–H groups in total. The van der Waals surface area contributed by atoms with Crippen molar-refractivity contribution in [1.29, 1.82) is 0 Å². The van der Waals surface area contributed by atoms with E-state index in [1.165, 1.54) is 0 Å². The second-order valence-electron chi connectivity index (χ2n) is 1.38. The molecule has 0 atom stereocenters. The van der Waals surface area contributed by atoms with Crippen LogP contribution in [0.25, 0.3) is 0 Å². The third-order valence-corrected chi connectivity index (χ3v) is 0. The van der Waals surface area contributed by atoms with Gasteiger partial charge in [0.05, 0.1) is 0 Å². The first-order valence-corrected chi connectivity index (χ1v) is 4.10. The molecular weight excluding hydrogens is 148 g/mol. The Morgan fingerprint density at radius 2 is 1.38 bits per heavy atom. The molecule has 0 saturated carbocycles. The first-order chi connectivity index (χ1) is 3.46. The van der Waals surface area contributed by atoms with Crippen molar-refractivity contribution in [3.8, 4) is 0 Å². The SMILES string of the molecule is CC(C)O.[O]=[Ti]([OH])[OH]. The zero-order valence-corrected chi connectivity index (χ0v) is 6.39. The fourth-order valence-electron chi connectivity index (χ4n) is 0. The van der Waals surface area contributed by atoms with E-state index in [2.05, 4.69) is 0 Å². The van der Waals surface area contributed by atoms with Crippen molar-refractivity contribution < 1.29 is 34.4 Å². The van der Waals surface area contributed by atoms with Gasteiger partial charge in [-0.3, -0.25) is 0 Å². The van der Waals surface area contributed by atoms with Crippen LogP contribution in [0.4, 0.5) is 0 Å². The van der Waals surface area contributed by atoms with E-state index in [1.54, 1.807) is 13.8 Å². The average molecular weight is 158 g/mol. The molecule has 0 radical (unpaired) electrons. The number of hydrogen-bond acceptors (Lipinski definition) is 2. The second-order valence-corrected chi connectivity index (χ2v) is 2.26. The molecule has 0 aliphatic rings. The van der Waals surface area contributed by atoms with Crippen molar-refractivity contribution >= 4 is 0 Å². The standard InChI is InChI=1S/C3H8O.2H2O.O.Ti/c1-3(2)4;;;;/h3-4H,1-2H3;2*1H2;;/q;;;;+2/p-2. The maximum atomic E-state index is 8.81. The van der Waals surface area contributed by atoms with Gasteiger partial charge in [0.15, 0.2) is 0 Å². The first kappa shape index (κ1) is 11.2. The van der Waals surface area contributed by atoms with Gasteiger partial charge in [-0.2, -0.15) is 0 Å². The number of hydrogen-bond donors (Lipinski definition) is 3. The predicted octanol–water partition coefficient (Wildman–Crippen LogP) is -0.848. The molecule has 0 rings (SSSR count). The van der Waals surface area contributed by atoms with E-state index in [-0.39, 0.29) is 6.10 Å². The molecule has 0 unspecified atom stereocenters. The van der Waals surface area contributed by atoms with Gasteiger partial charge in [-0.1, -0.05) is 0 Å². The second kappa shape index (κ2) is 7.39. The van der Waals surface area contributed by atoms with Crippen LogP contribution in [0.15, 0.2) is 0 Å². The Labute approximate surface area is 54.9 Å². The minimum absolute atomic E-state index is 0.167. The van der Waals surface area contributed by atoms with Gasteiger partial charge < -0.3 is 5.11 Å². The molecule has 0 aromatic carbocycles. The molecule has 50 valence electrons. The molecule has 0 aliphatic carbocycles. The summed E-state index contributed by atoms with van der Waals surface area (Å²) in [6.45, 7) is 3.44. The fraction of sp³-hybridized carbons (Fsp3) is 1.00. The maximum absolute atomic E-state index is 8.81. The molecular formula is C3H10O4Ti. The number of aliphatic hydroxyl groups excluding tert-OH is 1. The Balaban J connectivity index is 0. The molecule has 0 spiro atoms. The topological polar surface area (TPSA) is 77.8 Å². The van der Waals surface area contributed by atoms with Crippen molar-refractivity contribution in [2.24, 2.45) is 0 Å². The predicted molar refractivity (Wildman–Crippen MR) is 22.5 cm³/mol. The van der Waals surface area contributed by atoms with E-state index in [0.717, 1.165) is 0 Å². The summed E-state index contributed by atoms with van der Waals surface area (Å²) in [4.78, 5) is 0. The van der Waals surface area contributed by atoms with Gasteiger partial charge in [-0.15, -0.1) is 0 Å². The summed E-state index contributed by atoms with van der Waals surface area (Å²) in [5.41, 5.74) is 0. The minimum atomic E-state index is -3.58. The third-order valence-electron chi connectivity index (χ3n) is 0. The average Bonchev–Trinajstić information content (AvgIpc) is 1.25. The Morgan fingerprint density at radius 3 is 1.38 bits per heavy atom. The van der Waals surface area contributed by atoms with Crippen LogP contribution >= 0.6 is 0 Å². The van der Waals surface area contributed by atoms with Crippen LogP contribution in [0.1, 0.15) is 13.8 Å². The Hall–Kier alpha value is 0.394. The Kier molecular flexibility index (Phi) is 10.4. The molecule has 0 aliphatic heterocycles. The molecule has 0 heterocycles. The summed E-state index contributed by atoms with van der Waals surface area (Å²) < 4.78 is 23.2. The molecule has 0 amide bonds.